The molecule has 0 aromatic heterocycles. The Morgan fingerprint density at radius 3 is 2.55 bits per heavy atom. The van der Waals surface area contributed by atoms with Gasteiger partial charge in [-0.2, -0.15) is 4.31 Å². The fourth-order valence-electron chi connectivity index (χ4n) is 4.00. The summed E-state index contributed by atoms with van der Waals surface area (Å²) in [5, 5.41) is 0. The molecule has 2 aromatic carbocycles. The molecule has 3 rings (SSSR count). The first-order chi connectivity index (χ1) is 14.7. The molecule has 0 saturated carbocycles. The van der Waals surface area contributed by atoms with E-state index in [1.54, 1.807) is 24.1 Å². The van der Waals surface area contributed by atoms with Gasteiger partial charge in [0.25, 0.3) is 0 Å². The lowest BCUT2D eigenvalue weighted by Gasteiger charge is -2.33. The van der Waals surface area contributed by atoms with Crippen LogP contribution in [0.3, 0.4) is 0 Å². The Morgan fingerprint density at radius 2 is 1.90 bits per heavy atom. The molecule has 6 nitrogen and oxygen atoms in total. The van der Waals surface area contributed by atoms with Crippen LogP contribution in [0.25, 0.3) is 0 Å². The van der Waals surface area contributed by atoms with E-state index in [9.17, 15) is 13.2 Å². The Balaban J connectivity index is 1.79. The first-order valence-corrected chi connectivity index (χ1v) is 12.1. The highest BCUT2D eigenvalue weighted by Gasteiger charge is 2.36. The fraction of sp³-hybridized carbons (Fsp3) is 0.458. The molecule has 31 heavy (non-hydrogen) atoms. The Hall–Kier alpha value is -2.38. The van der Waals surface area contributed by atoms with Gasteiger partial charge in [0, 0.05) is 26.7 Å². The summed E-state index contributed by atoms with van der Waals surface area (Å²) in [6.07, 6.45) is 1.34. The molecule has 168 valence electrons. The van der Waals surface area contributed by atoms with Crippen molar-refractivity contribution < 1.29 is 17.9 Å². The number of nitrogens with zero attached hydrogens (tertiary/aromatic N) is 2. The molecule has 0 aliphatic carbocycles. The van der Waals surface area contributed by atoms with Crippen molar-refractivity contribution in [3.63, 3.8) is 0 Å². The summed E-state index contributed by atoms with van der Waals surface area (Å²) in [6.45, 7) is 5.15. The molecule has 1 saturated heterocycles. The van der Waals surface area contributed by atoms with Crippen molar-refractivity contribution in [3.8, 4) is 5.75 Å². The molecule has 2 aromatic rings. The first-order valence-electron chi connectivity index (χ1n) is 10.7. The van der Waals surface area contributed by atoms with Gasteiger partial charge in [0.15, 0.2) is 0 Å². The highest BCUT2D eigenvalue weighted by atomic mass is 32.2. The van der Waals surface area contributed by atoms with Crippen molar-refractivity contribution in [1.29, 1.82) is 0 Å². The number of hydrogen-bond acceptors (Lipinski definition) is 4. The van der Waals surface area contributed by atoms with Crippen molar-refractivity contribution in [2.24, 2.45) is 5.92 Å². The van der Waals surface area contributed by atoms with Gasteiger partial charge < -0.3 is 9.64 Å². The number of benzene rings is 2. The van der Waals surface area contributed by atoms with E-state index in [0.717, 1.165) is 11.1 Å². The van der Waals surface area contributed by atoms with Crippen LogP contribution in [0, 0.1) is 5.92 Å². The molecule has 1 fully saturated rings. The van der Waals surface area contributed by atoms with Crippen LogP contribution < -0.4 is 4.74 Å². The van der Waals surface area contributed by atoms with Gasteiger partial charge in [-0.3, -0.25) is 4.79 Å². The van der Waals surface area contributed by atoms with E-state index in [-0.39, 0.29) is 29.2 Å². The molecule has 0 radical (unpaired) electrons. The Labute approximate surface area is 185 Å². The lowest BCUT2D eigenvalue weighted by atomic mass is 9.98. The largest absolute Gasteiger partial charge is 0.495 e. The molecule has 1 atom stereocenters. The molecular formula is C24H32N2O4S. The maximum Gasteiger partial charge on any atom is 0.246 e. The maximum absolute atomic E-state index is 13.5. The minimum atomic E-state index is -3.77. The minimum Gasteiger partial charge on any atom is -0.495 e. The van der Waals surface area contributed by atoms with Crippen LogP contribution >= 0.6 is 0 Å². The first kappa shape index (κ1) is 23.3. The predicted molar refractivity (Wildman–Crippen MR) is 121 cm³/mol. The molecular weight excluding hydrogens is 412 g/mol. The van der Waals surface area contributed by atoms with Gasteiger partial charge >= 0.3 is 0 Å². The van der Waals surface area contributed by atoms with Crippen LogP contribution in [-0.4, -0.2) is 50.8 Å². The van der Waals surface area contributed by atoms with E-state index < -0.39 is 10.0 Å². The Kier molecular flexibility index (Phi) is 7.38. The summed E-state index contributed by atoms with van der Waals surface area (Å²) in [7, 11) is -0.522. The Bertz CT molecular complexity index is 1010. The van der Waals surface area contributed by atoms with Crippen LogP contribution in [0.1, 0.15) is 43.7 Å². The molecule has 0 bridgehead atoms. The lowest BCUT2D eigenvalue weighted by molar-refractivity contribution is -0.135. The van der Waals surface area contributed by atoms with Gasteiger partial charge in [-0.05, 0) is 42.0 Å². The third kappa shape index (κ3) is 5.28. The minimum absolute atomic E-state index is 0.0216. The summed E-state index contributed by atoms with van der Waals surface area (Å²) in [5.74, 6) is 0.157. The number of piperidine rings is 1. The standard InChI is InChI=1S/C24H32N2O4S/c1-18(2)20-12-13-22(30-4)23(15-20)31(28,29)26-14-8-11-21(17-26)24(27)25(3)16-19-9-6-5-7-10-19/h5-7,9-10,12-13,15,18,21H,8,11,14,16-17H2,1-4H3/t21-/m0/s1. The molecule has 1 aliphatic rings. The van der Waals surface area contributed by atoms with Gasteiger partial charge in [0.2, 0.25) is 15.9 Å². The molecule has 1 heterocycles. The van der Waals surface area contributed by atoms with Crippen LogP contribution in [0.5, 0.6) is 5.75 Å². The molecule has 7 heteroatoms. The van der Waals surface area contributed by atoms with Crippen molar-refractivity contribution in [2.75, 3.05) is 27.2 Å². The summed E-state index contributed by atoms with van der Waals surface area (Å²) in [5.41, 5.74) is 1.99. The molecule has 1 amide bonds. The second-order valence-electron chi connectivity index (χ2n) is 8.45. The number of carbonyl (C=O) groups excluding carboxylic acids is 1. The summed E-state index contributed by atoms with van der Waals surface area (Å²) in [4.78, 5) is 14.9. The topological polar surface area (TPSA) is 66.9 Å². The monoisotopic (exact) mass is 444 g/mol. The maximum atomic E-state index is 13.5. The average molecular weight is 445 g/mol. The van der Waals surface area contributed by atoms with Crippen LogP contribution in [0.15, 0.2) is 53.4 Å². The summed E-state index contributed by atoms with van der Waals surface area (Å²) in [6, 6.07) is 15.1. The van der Waals surface area contributed by atoms with E-state index in [1.165, 1.54) is 11.4 Å². The molecule has 0 N–H and O–H groups in total. The Morgan fingerprint density at radius 1 is 1.19 bits per heavy atom. The highest BCUT2D eigenvalue weighted by Crippen LogP contribution is 2.32. The second kappa shape index (κ2) is 9.83. The molecule has 0 unspecified atom stereocenters. The van der Waals surface area contributed by atoms with Crippen molar-refractivity contribution in [1.82, 2.24) is 9.21 Å². The number of amides is 1. The zero-order valence-electron chi connectivity index (χ0n) is 18.7. The summed E-state index contributed by atoms with van der Waals surface area (Å²) >= 11 is 0. The predicted octanol–water partition coefficient (Wildman–Crippen LogP) is 3.88. The van der Waals surface area contributed by atoms with Crippen LogP contribution in [0.2, 0.25) is 0 Å². The summed E-state index contributed by atoms with van der Waals surface area (Å²) < 4.78 is 33.8. The van der Waals surface area contributed by atoms with Gasteiger partial charge in [0.05, 0.1) is 13.0 Å². The van der Waals surface area contributed by atoms with E-state index in [2.05, 4.69) is 0 Å². The van der Waals surface area contributed by atoms with Gasteiger partial charge in [0.1, 0.15) is 10.6 Å². The third-order valence-electron chi connectivity index (χ3n) is 5.84. The number of carbonyl (C=O) groups is 1. The van der Waals surface area contributed by atoms with Crippen LogP contribution in [-0.2, 0) is 21.4 Å². The van der Waals surface area contributed by atoms with Crippen molar-refractivity contribution in [2.45, 2.75) is 44.0 Å². The number of methoxy groups -OCH3 is 1. The van der Waals surface area contributed by atoms with E-state index in [4.69, 9.17) is 4.74 Å². The second-order valence-corrected chi connectivity index (χ2v) is 10.4. The number of rotatable bonds is 7. The van der Waals surface area contributed by atoms with Crippen molar-refractivity contribution >= 4 is 15.9 Å². The number of hydrogen-bond donors (Lipinski definition) is 0. The zero-order valence-corrected chi connectivity index (χ0v) is 19.6. The molecule has 0 spiro atoms. The molecule has 1 aliphatic heterocycles. The average Bonchev–Trinajstić information content (AvgIpc) is 2.78. The number of ether oxygens (including phenoxy) is 1. The van der Waals surface area contributed by atoms with Crippen LogP contribution in [0.4, 0.5) is 0 Å². The van der Waals surface area contributed by atoms with Gasteiger partial charge in [-0.25, -0.2) is 8.42 Å². The fourth-order valence-corrected chi connectivity index (χ4v) is 5.72. The normalized spacial score (nSPS) is 17.5. The SMILES string of the molecule is COc1ccc(C(C)C)cc1S(=O)(=O)N1CCC[C@H](C(=O)N(C)Cc2ccccc2)C1. The van der Waals surface area contributed by atoms with E-state index in [0.29, 0.717) is 31.7 Å². The van der Waals surface area contributed by atoms with E-state index in [1.807, 2.05) is 50.2 Å². The van der Waals surface area contributed by atoms with E-state index >= 15 is 0 Å². The zero-order chi connectivity index (χ0) is 22.6. The third-order valence-corrected chi connectivity index (χ3v) is 7.73. The quantitative estimate of drug-likeness (QED) is 0.650. The van der Waals surface area contributed by atoms with Crippen molar-refractivity contribution in [3.05, 3.63) is 59.7 Å². The smallest absolute Gasteiger partial charge is 0.246 e. The lowest BCUT2D eigenvalue weighted by Crippen LogP contribution is -2.45. The number of sulfonamides is 1. The van der Waals surface area contributed by atoms with Gasteiger partial charge in [-0.15, -0.1) is 0 Å². The highest BCUT2D eigenvalue weighted by molar-refractivity contribution is 7.89. The van der Waals surface area contributed by atoms with Gasteiger partial charge in [-0.1, -0.05) is 50.2 Å².